The van der Waals surface area contributed by atoms with Crippen molar-refractivity contribution in [2.75, 3.05) is 0 Å². The van der Waals surface area contributed by atoms with E-state index in [-0.39, 0.29) is 0 Å². The summed E-state index contributed by atoms with van der Waals surface area (Å²) >= 11 is 18.1. The van der Waals surface area contributed by atoms with Crippen LogP contribution in [0.4, 0.5) is 0 Å². The lowest BCUT2D eigenvalue weighted by Crippen LogP contribution is -2.45. The number of pyridine rings is 1. The summed E-state index contributed by atoms with van der Waals surface area (Å²) < 4.78 is 0. The van der Waals surface area contributed by atoms with Crippen molar-refractivity contribution in [1.29, 1.82) is 0 Å². The van der Waals surface area contributed by atoms with Crippen molar-refractivity contribution >= 4 is 40.4 Å². The predicted octanol–water partition coefficient (Wildman–Crippen LogP) is 6.64. The number of hydrogen-bond acceptors (Lipinski definition) is 3. The number of aryl methyl sites for hydroxylation is 1. The number of aliphatic hydroxyl groups is 1. The van der Waals surface area contributed by atoms with E-state index in [2.05, 4.69) is 10.3 Å². The minimum Gasteiger partial charge on any atom is -0.378 e. The highest BCUT2D eigenvalue weighted by molar-refractivity contribution is 7.80. The van der Waals surface area contributed by atoms with Gasteiger partial charge in [0.1, 0.15) is 16.6 Å². The van der Waals surface area contributed by atoms with E-state index in [1.807, 2.05) is 73.7 Å². The monoisotopic (exact) mass is 492 g/mol. The number of hydrogen-bond donors (Lipinski definition) is 2. The number of halogens is 2. The maximum Gasteiger partial charge on any atom is 0.140 e. The van der Waals surface area contributed by atoms with Gasteiger partial charge < -0.3 is 10.4 Å². The van der Waals surface area contributed by atoms with Crippen LogP contribution >= 0.6 is 35.4 Å². The van der Waals surface area contributed by atoms with E-state index in [0.717, 1.165) is 11.1 Å². The Bertz CT molecular complexity index is 1180. The van der Waals surface area contributed by atoms with Gasteiger partial charge in [-0.25, -0.2) is 0 Å². The second-order valence-corrected chi connectivity index (χ2v) is 9.09. The van der Waals surface area contributed by atoms with Crippen molar-refractivity contribution in [3.63, 3.8) is 0 Å². The summed E-state index contributed by atoms with van der Waals surface area (Å²) in [5.74, 6) is 0. The fraction of sp³-hybridized carbons (Fsp3) is 0.111. The fourth-order valence-electron chi connectivity index (χ4n) is 3.77. The molecule has 4 aromatic rings. The van der Waals surface area contributed by atoms with Gasteiger partial charge in [0.05, 0.1) is 5.69 Å². The Morgan fingerprint density at radius 2 is 1.39 bits per heavy atom. The molecule has 4 rings (SSSR count). The van der Waals surface area contributed by atoms with Crippen LogP contribution in [-0.2, 0) is 5.60 Å². The Kier molecular flexibility index (Phi) is 7.11. The second kappa shape index (κ2) is 10.0. The van der Waals surface area contributed by atoms with Crippen molar-refractivity contribution in [3.05, 3.63) is 135 Å². The second-order valence-electron chi connectivity index (χ2n) is 7.81. The maximum absolute atomic E-state index is 12.4. The molecule has 3 aromatic carbocycles. The molecule has 1 heterocycles. The maximum atomic E-state index is 12.4. The molecule has 0 spiro atoms. The molecule has 0 aliphatic heterocycles. The van der Waals surface area contributed by atoms with E-state index in [1.165, 1.54) is 0 Å². The van der Waals surface area contributed by atoms with E-state index < -0.39 is 11.6 Å². The summed E-state index contributed by atoms with van der Waals surface area (Å²) in [6.07, 6.45) is 1.70. The Hall–Kier alpha value is -2.76. The smallest absolute Gasteiger partial charge is 0.140 e. The molecule has 166 valence electrons. The van der Waals surface area contributed by atoms with Crippen LogP contribution in [0.2, 0.25) is 10.0 Å². The normalized spacial score (nSPS) is 12.2. The Morgan fingerprint density at radius 3 is 1.88 bits per heavy atom. The minimum atomic E-state index is -1.53. The van der Waals surface area contributed by atoms with Gasteiger partial charge in [-0.3, -0.25) is 4.98 Å². The average molecular weight is 493 g/mol. The molecule has 33 heavy (non-hydrogen) atoms. The molecule has 0 saturated heterocycles. The van der Waals surface area contributed by atoms with Gasteiger partial charge in [-0.15, -0.1) is 0 Å². The zero-order chi connectivity index (χ0) is 23.4. The largest absolute Gasteiger partial charge is 0.378 e. The lowest BCUT2D eigenvalue weighted by Gasteiger charge is -2.38. The summed E-state index contributed by atoms with van der Waals surface area (Å²) in [5.41, 5.74) is 2.39. The van der Waals surface area contributed by atoms with Crippen molar-refractivity contribution < 1.29 is 5.11 Å². The topological polar surface area (TPSA) is 45.2 Å². The number of nitrogens with one attached hydrogen (secondary N) is 1. The third-order valence-electron chi connectivity index (χ3n) is 5.56. The molecule has 0 fully saturated rings. The highest BCUT2D eigenvalue weighted by atomic mass is 35.5. The Morgan fingerprint density at radius 1 is 0.848 bits per heavy atom. The zero-order valence-electron chi connectivity index (χ0n) is 17.9. The van der Waals surface area contributed by atoms with Gasteiger partial charge in [0.15, 0.2) is 0 Å². The molecule has 1 atom stereocenters. The van der Waals surface area contributed by atoms with Crippen LogP contribution in [0.3, 0.4) is 0 Å². The molecular weight excluding hydrogens is 471 g/mol. The summed E-state index contributed by atoms with van der Waals surface area (Å²) in [5, 5.41) is 17.0. The molecule has 3 nitrogen and oxygen atoms in total. The first-order valence-corrected chi connectivity index (χ1v) is 11.6. The summed E-state index contributed by atoms with van der Waals surface area (Å²) in [4.78, 5) is 5.06. The van der Waals surface area contributed by atoms with Crippen LogP contribution < -0.4 is 5.32 Å². The standard InChI is InChI=1S/C27H22Cl2N2OS/c1-18-5-7-19(8-6-18)26(33)31-25(24-4-2-3-17-30-24)27(32,20-9-13-22(28)14-10-20)21-11-15-23(29)16-12-21/h2-17,25,32H,1H3,(H,31,33). The third kappa shape index (κ3) is 5.10. The Balaban J connectivity index is 1.87. The quantitative estimate of drug-likeness (QED) is 0.296. The van der Waals surface area contributed by atoms with Crippen molar-refractivity contribution in [1.82, 2.24) is 10.3 Å². The van der Waals surface area contributed by atoms with Crippen LogP contribution in [0, 0.1) is 6.92 Å². The molecule has 0 saturated carbocycles. The van der Waals surface area contributed by atoms with Gasteiger partial charge in [-0.2, -0.15) is 0 Å². The summed E-state index contributed by atoms with van der Waals surface area (Å²) in [7, 11) is 0. The van der Waals surface area contributed by atoms with Crippen LogP contribution in [0.1, 0.15) is 34.0 Å². The van der Waals surface area contributed by atoms with Crippen LogP contribution in [0.15, 0.2) is 97.2 Å². The lowest BCUT2D eigenvalue weighted by atomic mass is 9.78. The molecule has 6 heteroatoms. The molecule has 1 unspecified atom stereocenters. The van der Waals surface area contributed by atoms with E-state index in [1.54, 1.807) is 30.5 Å². The zero-order valence-corrected chi connectivity index (χ0v) is 20.2. The van der Waals surface area contributed by atoms with E-state index in [4.69, 9.17) is 35.4 Å². The molecule has 0 aliphatic rings. The highest BCUT2D eigenvalue weighted by Crippen LogP contribution is 2.41. The molecular formula is C27H22Cl2N2OS. The van der Waals surface area contributed by atoms with Gasteiger partial charge in [0.25, 0.3) is 0 Å². The van der Waals surface area contributed by atoms with Crippen LogP contribution in [-0.4, -0.2) is 15.1 Å². The van der Waals surface area contributed by atoms with Gasteiger partial charge in [-0.1, -0.05) is 95.6 Å². The molecule has 2 N–H and O–H groups in total. The average Bonchev–Trinajstić information content (AvgIpc) is 2.84. The van der Waals surface area contributed by atoms with Crippen molar-refractivity contribution in [3.8, 4) is 0 Å². The number of thiocarbonyl (C=S) groups is 1. The number of rotatable bonds is 6. The first-order valence-electron chi connectivity index (χ1n) is 10.4. The summed E-state index contributed by atoms with van der Waals surface area (Å²) in [6.45, 7) is 2.02. The first kappa shape index (κ1) is 23.4. The number of benzene rings is 3. The predicted molar refractivity (Wildman–Crippen MR) is 139 cm³/mol. The van der Waals surface area contributed by atoms with Crippen LogP contribution in [0.5, 0.6) is 0 Å². The molecule has 1 aromatic heterocycles. The van der Waals surface area contributed by atoms with E-state index in [0.29, 0.717) is 31.9 Å². The third-order valence-corrected chi connectivity index (χ3v) is 6.42. The molecule has 0 aliphatic carbocycles. The highest BCUT2D eigenvalue weighted by Gasteiger charge is 2.42. The first-order chi connectivity index (χ1) is 15.9. The van der Waals surface area contributed by atoms with E-state index >= 15 is 0 Å². The lowest BCUT2D eigenvalue weighted by molar-refractivity contribution is 0.0424. The van der Waals surface area contributed by atoms with E-state index in [9.17, 15) is 5.11 Å². The van der Waals surface area contributed by atoms with Crippen molar-refractivity contribution in [2.24, 2.45) is 0 Å². The fourth-order valence-corrected chi connectivity index (χ4v) is 4.27. The SMILES string of the molecule is Cc1ccc(C(=S)NC(c2ccccn2)C(O)(c2ccc(Cl)cc2)c2ccc(Cl)cc2)cc1. The number of aromatic nitrogens is 1. The molecule has 0 bridgehead atoms. The minimum absolute atomic E-state index is 0.506. The molecule has 0 radical (unpaired) electrons. The van der Waals surface area contributed by atoms with Gasteiger partial charge in [0.2, 0.25) is 0 Å². The summed E-state index contributed by atoms with van der Waals surface area (Å²) in [6, 6.07) is 27.1. The van der Waals surface area contributed by atoms with Gasteiger partial charge in [0, 0.05) is 21.8 Å². The number of nitrogens with zero attached hydrogens (tertiary/aromatic N) is 1. The van der Waals surface area contributed by atoms with Crippen molar-refractivity contribution in [2.45, 2.75) is 18.6 Å². The van der Waals surface area contributed by atoms with Crippen LogP contribution in [0.25, 0.3) is 0 Å². The van der Waals surface area contributed by atoms with Gasteiger partial charge in [-0.05, 0) is 54.4 Å². The molecule has 0 amide bonds. The van der Waals surface area contributed by atoms with Gasteiger partial charge >= 0.3 is 0 Å². The Labute approximate surface area is 209 Å².